The Morgan fingerprint density at radius 3 is 2.31 bits per heavy atom. The van der Waals surface area contributed by atoms with Crippen LogP contribution in [0.1, 0.15) is 62.9 Å². The highest BCUT2D eigenvalue weighted by Crippen LogP contribution is 2.22. The fourth-order valence-corrected chi connectivity index (χ4v) is 3.30. The molecule has 0 unspecified atom stereocenters. The fourth-order valence-electron chi connectivity index (χ4n) is 3.30. The number of nitrogen functional groups attached to an aromatic ring is 1. The van der Waals surface area contributed by atoms with E-state index in [-0.39, 0.29) is 11.6 Å². The number of hydrogen-bond donors (Lipinski definition) is 3. The van der Waals surface area contributed by atoms with Gasteiger partial charge < -0.3 is 21.5 Å². The molecular weight excluding hydrogens is 436 g/mol. The van der Waals surface area contributed by atoms with Crippen LogP contribution < -0.4 is 22.0 Å². The average Bonchev–Trinajstić information content (AvgIpc) is 3.07. The number of benzene rings is 1. The molecule has 190 valence electrons. The largest absolute Gasteiger partial charge is 0.508 e. The van der Waals surface area contributed by atoms with E-state index < -0.39 is 5.91 Å². The quantitative estimate of drug-likeness (QED) is 0.519. The Kier molecular flexibility index (Phi) is 14.1. The lowest BCUT2D eigenvalue weighted by molar-refractivity contribution is 0.100. The van der Waals surface area contributed by atoms with Gasteiger partial charge in [-0.15, -0.1) is 12.8 Å². The van der Waals surface area contributed by atoms with Crippen LogP contribution in [0.25, 0.3) is 17.8 Å². The van der Waals surface area contributed by atoms with Gasteiger partial charge in [-0.05, 0) is 50.6 Å². The molecule has 1 aromatic carbocycles. The minimum absolute atomic E-state index is 0.122. The molecule has 2 rings (SSSR count). The predicted molar refractivity (Wildman–Crippen MR) is 151 cm³/mol. The highest BCUT2D eigenvalue weighted by Gasteiger charge is 2.18. The molecule has 5 N–H and O–H groups in total. The van der Waals surface area contributed by atoms with Gasteiger partial charge >= 0.3 is 0 Å². The van der Waals surface area contributed by atoms with Crippen LogP contribution in [0.4, 0.5) is 5.82 Å². The first-order valence-corrected chi connectivity index (χ1v) is 11.7. The molecular formula is C29H42N4O2. The number of hydrogen-bond acceptors (Lipinski definition) is 4. The summed E-state index contributed by atoms with van der Waals surface area (Å²) in [5, 5.41) is 11.5. The van der Waals surface area contributed by atoms with Gasteiger partial charge in [0, 0.05) is 25.4 Å². The highest BCUT2D eigenvalue weighted by molar-refractivity contribution is 5.98. The second-order valence-electron chi connectivity index (χ2n) is 8.28. The third kappa shape index (κ3) is 9.13. The third-order valence-corrected chi connectivity index (χ3v) is 4.74. The summed E-state index contributed by atoms with van der Waals surface area (Å²) in [7, 11) is 3.96. The monoisotopic (exact) mass is 478 g/mol. The zero-order chi connectivity index (χ0) is 27.1. The second-order valence-corrected chi connectivity index (χ2v) is 8.28. The number of rotatable bonds is 7. The van der Waals surface area contributed by atoms with Gasteiger partial charge in [0.2, 0.25) is 0 Å². The summed E-state index contributed by atoms with van der Waals surface area (Å²) >= 11 is 0. The number of nitrogens with zero attached hydrogens (tertiary/aromatic N) is 2. The first-order chi connectivity index (χ1) is 16.6. The zero-order valence-corrected chi connectivity index (χ0v) is 22.3. The van der Waals surface area contributed by atoms with E-state index in [2.05, 4.69) is 32.8 Å². The van der Waals surface area contributed by atoms with Crippen LogP contribution in [0.5, 0.6) is 5.75 Å². The van der Waals surface area contributed by atoms with Crippen LogP contribution in [0.3, 0.4) is 0 Å². The Bertz CT molecular complexity index is 1170. The lowest BCUT2D eigenvalue weighted by Crippen LogP contribution is -2.32. The molecule has 1 aromatic heterocycles. The van der Waals surface area contributed by atoms with Crippen molar-refractivity contribution < 1.29 is 9.90 Å². The van der Waals surface area contributed by atoms with Gasteiger partial charge in [0.15, 0.2) is 0 Å². The maximum absolute atomic E-state index is 12.2. The van der Waals surface area contributed by atoms with Crippen molar-refractivity contribution in [3.05, 3.63) is 63.8 Å². The Balaban J connectivity index is 0.00000214. The van der Waals surface area contributed by atoms with E-state index in [4.69, 9.17) is 11.5 Å². The van der Waals surface area contributed by atoms with E-state index in [0.717, 1.165) is 29.3 Å². The molecule has 0 atom stereocenters. The molecule has 0 aliphatic carbocycles. The number of phenolic OH excluding ortho intramolecular Hbond substituents is 1. The predicted octanol–water partition coefficient (Wildman–Crippen LogP) is 4.22. The summed E-state index contributed by atoms with van der Waals surface area (Å²) in [6.45, 7) is 10.2. The van der Waals surface area contributed by atoms with Gasteiger partial charge in [-0.3, -0.25) is 9.36 Å². The van der Waals surface area contributed by atoms with E-state index in [1.54, 1.807) is 16.7 Å². The third-order valence-electron chi connectivity index (χ3n) is 4.74. The molecule has 2 aromatic rings. The minimum atomic E-state index is -0.576. The van der Waals surface area contributed by atoms with Gasteiger partial charge in [-0.1, -0.05) is 57.1 Å². The van der Waals surface area contributed by atoms with Crippen molar-refractivity contribution in [1.29, 1.82) is 0 Å². The summed E-state index contributed by atoms with van der Waals surface area (Å²) in [6, 6.07) is 5.07. The van der Waals surface area contributed by atoms with Crippen LogP contribution >= 0.6 is 0 Å². The standard InChI is InChI=1S/C24H32N4O2.C3H8.C2H2/c1-6-8-19-20(13-10-16(2)9-7-14-27(4)5)28(23(25)22(19)24(26)30)21-15-18(29)12-11-17(21)3;1-3-2;1-2/h7-8,10-15,29H,6,9,25H2,1-5H3,(H2,26,30);3H2,1-2H3;1-2H/b14-7-,16-10+,19-8-,20-13+;;. The van der Waals surface area contributed by atoms with E-state index in [1.807, 2.05) is 70.3 Å². The van der Waals surface area contributed by atoms with Gasteiger partial charge in [0.05, 0.1) is 16.6 Å². The molecule has 0 spiro atoms. The van der Waals surface area contributed by atoms with Crippen LogP contribution in [-0.2, 0) is 0 Å². The molecule has 6 heteroatoms. The number of carbonyl (C=O) groups is 1. The molecule has 0 radical (unpaired) electrons. The number of phenols is 1. The van der Waals surface area contributed by atoms with E-state index >= 15 is 0 Å². The number of aryl methyl sites for hydroxylation is 1. The Labute approximate surface area is 210 Å². The van der Waals surface area contributed by atoms with E-state index in [9.17, 15) is 9.90 Å². The highest BCUT2D eigenvalue weighted by atomic mass is 16.3. The van der Waals surface area contributed by atoms with Crippen LogP contribution in [0.2, 0.25) is 0 Å². The Morgan fingerprint density at radius 2 is 1.80 bits per heavy atom. The van der Waals surface area contributed by atoms with Crippen LogP contribution in [0, 0.1) is 19.8 Å². The van der Waals surface area contributed by atoms with Crippen LogP contribution in [0.15, 0.2) is 42.1 Å². The van der Waals surface area contributed by atoms with E-state index in [0.29, 0.717) is 16.5 Å². The number of nitrogens with two attached hydrogens (primary N) is 2. The Morgan fingerprint density at radius 1 is 1.20 bits per heavy atom. The average molecular weight is 479 g/mol. The first kappa shape index (κ1) is 31.1. The van der Waals surface area contributed by atoms with Crippen LogP contribution in [-0.4, -0.2) is 34.6 Å². The van der Waals surface area contributed by atoms with Gasteiger partial charge in [0.25, 0.3) is 5.91 Å². The number of terminal acetylenes is 1. The summed E-state index contributed by atoms with van der Waals surface area (Å²) in [5.41, 5.74) is 15.2. The van der Waals surface area contributed by atoms with Crippen molar-refractivity contribution in [2.75, 3.05) is 19.8 Å². The number of carbonyl (C=O) groups excluding carboxylic acids is 1. The summed E-state index contributed by atoms with van der Waals surface area (Å²) < 4.78 is 1.79. The van der Waals surface area contributed by atoms with E-state index in [1.165, 1.54) is 6.42 Å². The number of amides is 1. The summed E-state index contributed by atoms with van der Waals surface area (Å²) in [4.78, 5) is 14.2. The van der Waals surface area contributed by atoms with Crippen molar-refractivity contribution in [1.82, 2.24) is 9.47 Å². The maximum atomic E-state index is 12.2. The molecule has 0 aliphatic heterocycles. The van der Waals surface area contributed by atoms with Gasteiger partial charge in [-0.2, -0.15) is 0 Å². The molecule has 0 saturated carbocycles. The molecule has 6 nitrogen and oxygen atoms in total. The fraction of sp³-hybridized carbons (Fsp3) is 0.345. The molecule has 35 heavy (non-hydrogen) atoms. The number of allylic oxidation sites excluding steroid dienone is 3. The molecule has 0 bridgehead atoms. The topological polar surface area (TPSA) is 97.5 Å². The minimum Gasteiger partial charge on any atom is -0.508 e. The molecule has 1 heterocycles. The maximum Gasteiger partial charge on any atom is 0.253 e. The van der Waals surface area contributed by atoms with Crippen molar-refractivity contribution in [2.24, 2.45) is 5.73 Å². The first-order valence-electron chi connectivity index (χ1n) is 11.7. The normalized spacial score (nSPS) is 12.1. The van der Waals surface area contributed by atoms with Crippen molar-refractivity contribution in [3.63, 3.8) is 0 Å². The molecule has 1 amide bonds. The molecule has 0 aliphatic rings. The smallest absolute Gasteiger partial charge is 0.253 e. The summed E-state index contributed by atoms with van der Waals surface area (Å²) in [6.07, 6.45) is 20.8. The van der Waals surface area contributed by atoms with Gasteiger partial charge in [-0.25, -0.2) is 0 Å². The SMILES string of the molecule is C#C.CCC.CC\C=c1/c(C(N)=O)c(N)n(-c2cc(O)ccc2C)/c1=C/C=C(\C)C/C=C\N(C)C. The number of aromatic hydroxyl groups is 1. The zero-order valence-electron chi connectivity index (χ0n) is 22.3. The van der Waals surface area contributed by atoms with Gasteiger partial charge in [0.1, 0.15) is 11.6 Å². The number of primary amides is 1. The lowest BCUT2D eigenvalue weighted by atomic mass is 10.1. The van der Waals surface area contributed by atoms with Crippen molar-refractivity contribution in [3.8, 4) is 24.3 Å². The Hall–Kier alpha value is -3.85. The second kappa shape index (κ2) is 15.9. The molecule has 0 saturated heterocycles. The number of aromatic nitrogens is 1. The number of anilines is 1. The lowest BCUT2D eigenvalue weighted by Gasteiger charge is -2.11. The molecule has 0 fully saturated rings. The van der Waals surface area contributed by atoms with Crippen molar-refractivity contribution in [2.45, 2.75) is 53.9 Å². The van der Waals surface area contributed by atoms with Crippen molar-refractivity contribution >= 4 is 23.9 Å². The summed E-state index contributed by atoms with van der Waals surface area (Å²) in [5.74, 6) is -0.189.